The fourth-order valence-corrected chi connectivity index (χ4v) is 5.93. The van der Waals surface area contributed by atoms with E-state index in [-0.39, 0.29) is 17.2 Å². The summed E-state index contributed by atoms with van der Waals surface area (Å²) in [5, 5.41) is 0. The zero-order valence-corrected chi connectivity index (χ0v) is 16.6. The second kappa shape index (κ2) is 6.48. The van der Waals surface area contributed by atoms with Crippen molar-refractivity contribution in [3.63, 3.8) is 0 Å². The molecule has 2 amide bonds. The summed E-state index contributed by atoms with van der Waals surface area (Å²) < 4.78 is 64.1. The van der Waals surface area contributed by atoms with Crippen LogP contribution in [0.15, 0.2) is 42.5 Å². The highest BCUT2D eigenvalue weighted by atomic mass is 32.2. The van der Waals surface area contributed by atoms with Gasteiger partial charge in [0.1, 0.15) is 0 Å². The number of sulfone groups is 1. The van der Waals surface area contributed by atoms with E-state index in [9.17, 15) is 26.4 Å². The van der Waals surface area contributed by atoms with Crippen LogP contribution in [0.25, 0.3) is 0 Å². The maximum Gasteiger partial charge on any atom is 0.416 e. The third-order valence-electron chi connectivity index (χ3n) is 5.59. The Kier molecular flexibility index (Phi) is 4.41. The Hall–Kier alpha value is -2.55. The average Bonchev–Trinajstić information content (AvgIpc) is 3.05. The first-order valence-corrected chi connectivity index (χ1v) is 10.9. The van der Waals surface area contributed by atoms with Crippen molar-refractivity contribution in [1.29, 1.82) is 0 Å². The zero-order chi connectivity index (χ0) is 21.1. The molecule has 4 rings (SSSR count). The summed E-state index contributed by atoms with van der Waals surface area (Å²) in [7, 11) is -3.43. The van der Waals surface area contributed by atoms with E-state index in [1.165, 1.54) is 21.9 Å². The van der Waals surface area contributed by atoms with Gasteiger partial charge in [0.05, 0.1) is 29.2 Å². The number of urea groups is 1. The molecular formula is C20H19F3N2O3S. The van der Waals surface area contributed by atoms with Gasteiger partial charge in [-0.1, -0.05) is 12.1 Å². The summed E-state index contributed by atoms with van der Waals surface area (Å²) in [6, 6.07) is 7.91. The van der Waals surface area contributed by atoms with Crippen molar-refractivity contribution in [1.82, 2.24) is 0 Å². The molecule has 0 aromatic heterocycles. The number of anilines is 2. The van der Waals surface area contributed by atoms with E-state index in [4.69, 9.17) is 0 Å². The molecular weight excluding hydrogens is 405 g/mol. The predicted molar refractivity (Wildman–Crippen MR) is 104 cm³/mol. The number of nitrogens with zero attached hydrogens (tertiary/aromatic N) is 2. The lowest BCUT2D eigenvalue weighted by Crippen LogP contribution is -2.38. The lowest BCUT2D eigenvalue weighted by Gasteiger charge is -2.23. The molecule has 154 valence electrons. The van der Waals surface area contributed by atoms with Gasteiger partial charge in [-0.15, -0.1) is 0 Å². The van der Waals surface area contributed by atoms with Gasteiger partial charge in [0.25, 0.3) is 0 Å². The third kappa shape index (κ3) is 3.37. The first kappa shape index (κ1) is 19.8. The molecule has 0 radical (unpaired) electrons. The molecule has 0 unspecified atom stereocenters. The number of alkyl halides is 3. The first-order valence-electron chi connectivity index (χ1n) is 9.05. The molecule has 2 fully saturated rings. The standard InChI is InChI=1S/C20H19F3N2O3S/c1-12-6-7-16(8-13(12)2)25-18-11-29(27,28)10-17(18)24(19(25)26)15-5-3-4-14(9-15)20(21,22)23/h3-9,17-18H,10-11H2,1-2H3/t17-,18-/m0/s1. The van der Waals surface area contributed by atoms with Crippen molar-refractivity contribution < 1.29 is 26.4 Å². The van der Waals surface area contributed by atoms with Crippen molar-refractivity contribution >= 4 is 27.2 Å². The third-order valence-corrected chi connectivity index (χ3v) is 7.29. The van der Waals surface area contributed by atoms with Crippen molar-refractivity contribution in [2.75, 3.05) is 21.3 Å². The molecule has 0 N–H and O–H groups in total. The van der Waals surface area contributed by atoms with Crippen LogP contribution < -0.4 is 9.80 Å². The molecule has 2 aliphatic heterocycles. The molecule has 2 aromatic rings. The summed E-state index contributed by atoms with van der Waals surface area (Å²) in [5.74, 6) is -0.493. The molecule has 0 saturated carbocycles. The zero-order valence-electron chi connectivity index (χ0n) is 15.8. The number of hydrogen-bond acceptors (Lipinski definition) is 3. The van der Waals surface area contributed by atoms with Gasteiger partial charge in [0, 0.05) is 11.4 Å². The van der Waals surface area contributed by atoms with Crippen LogP contribution in [0.5, 0.6) is 0 Å². The van der Waals surface area contributed by atoms with Gasteiger partial charge in [0.15, 0.2) is 9.84 Å². The fourth-order valence-electron chi connectivity index (χ4n) is 4.01. The minimum atomic E-state index is -4.56. The van der Waals surface area contributed by atoms with Crippen LogP contribution in [0.3, 0.4) is 0 Å². The number of hydrogen-bond donors (Lipinski definition) is 0. The number of amides is 2. The van der Waals surface area contributed by atoms with Crippen LogP contribution in [0.4, 0.5) is 29.3 Å². The Morgan fingerprint density at radius 2 is 1.48 bits per heavy atom. The Bertz CT molecular complexity index is 1100. The van der Waals surface area contributed by atoms with Crippen LogP contribution in [0.1, 0.15) is 16.7 Å². The number of halogens is 3. The van der Waals surface area contributed by atoms with E-state index >= 15 is 0 Å². The van der Waals surface area contributed by atoms with Crippen LogP contribution in [-0.4, -0.2) is 38.0 Å². The van der Waals surface area contributed by atoms with E-state index in [0.717, 1.165) is 23.3 Å². The highest BCUT2D eigenvalue weighted by Crippen LogP contribution is 2.40. The summed E-state index contributed by atoms with van der Waals surface area (Å²) in [6.45, 7) is 3.80. The lowest BCUT2D eigenvalue weighted by molar-refractivity contribution is -0.137. The number of carbonyl (C=O) groups is 1. The molecule has 9 heteroatoms. The highest BCUT2D eigenvalue weighted by molar-refractivity contribution is 7.91. The highest BCUT2D eigenvalue weighted by Gasteiger charge is 2.54. The Labute approximate surface area is 166 Å². The molecule has 0 spiro atoms. The predicted octanol–water partition coefficient (Wildman–Crippen LogP) is 3.93. The largest absolute Gasteiger partial charge is 0.416 e. The molecule has 0 aliphatic carbocycles. The number of rotatable bonds is 2. The number of benzene rings is 2. The molecule has 29 heavy (non-hydrogen) atoms. The van der Waals surface area contributed by atoms with E-state index in [2.05, 4.69) is 0 Å². The van der Waals surface area contributed by atoms with Crippen molar-refractivity contribution in [2.24, 2.45) is 0 Å². The quantitative estimate of drug-likeness (QED) is 0.687. The maximum absolute atomic E-state index is 13.3. The Morgan fingerprint density at radius 3 is 2.03 bits per heavy atom. The molecule has 0 bridgehead atoms. The molecule has 2 atom stereocenters. The minimum absolute atomic E-state index is 0.0447. The van der Waals surface area contributed by atoms with Gasteiger partial charge in [-0.2, -0.15) is 13.2 Å². The van der Waals surface area contributed by atoms with Crippen LogP contribution in [-0.2, 0) is 16.0 Å². The second-order valence-electron chi connectivity index (χ2n) is 7.55. The fraction of sp³-hybridized carbons (Fsp3) is 0.350. The smallest absolute Gasteiger partial charge is 0.288 e. The van der Waals surface area contributed by atoms with E-state index in [1.54, 1.807) is 12.1 Å². The first-order chi connectivity index (χ1) is 13.5. The Balaban J connectivity index is 1.81. The average molecular weight is 424 g/mol. The molecule has 2 saturated heterocycles. The van der Waals surface area contributed by atoms with Gasteiger partial charge < -0.3 is 0 Å². The second-order valence-corrected chi connectivity index (χ2v) is 9.70. The van der Waals surface area contributed by atoms with Gasteiger partial charge in [-0.3, -0.25) is 9.80 Å². The van der Waals surface area contributed by atoms with Crippen LogP contribution in [0, 0.1) is 13.8 Å². The topological polar surface area (TPSA) is 57.7 Å². The summed E-state index contributed by atoms with van der Waals surface area (Å²) in [6.07, 6.45) is -4.56. The molecule has 2 aromatic carbocycles. The minimum Gasteiger partial charge on any atom is -0.288 e. The monoisotopic (exact) mass is 424 g/mol. The lowest BCUT2D eigenvalue weighted by atomic mass is 10.1. The molecule has 5 nitrogen and oxygen atoms in total. The Morgan fingerprint density at radius 1 is 0.897 bits per heavy atom. The van der Waals surface area contributed by atoms with Gasteiger partial charge in [0.2, 0.25) is 0 Å². The van der Waals surface area contributed by atoms with Gasteiger partial charge in [-0.25, -0.2) is 13.2 Å². The van der Waals surface area contributed by atoms with E-state index < -0.39 is 39.7 Å². The van der Waals surface area contributed by atoms with E-state index in [1.807, 2.05) is 19.9 Å². The van der Waals surface area contributed by atoms with Crippen molar-refractivity contribution in [2.45, 2.75) is 32.1 Å². The number of aryl methyl sites for hydroxylation is 2. The van der Waals surface area contributed by atoms with Crippen LogP contribution >= 0.6 is 0 Å². The van der Waals surface area contributed by atoms with Crippen LogP contribution in [0.2, 0.25) is 0 Å². The maximum atomic E-state index is 13.3. The van der Waals surface area contributed by atoms with Crippen molar-refractivity contribution in [3.05, 3.63) is 59.2 Å². The summed E-state index contributed by atoms with van der Waals surface area (Å²) in [5.41, 5.74) is 1.66. The summed E-state index contributed by atoms with van der Waals surface area (Å²) >= 11 is 0. The van der Waals surface area contributed by atoms with E-state index in [0.29, 0.717) is 5.69 Å². The van der Waals surface area contributed by atoms with Gasteiger partial charge >= 0.3 is 12.2 Å². The molecule has 2 aliphatic rings. The number of carbonyl (C=O) groups excluding carboxylic acids is 1. The summed E-state index contributed by atoms with van der Waals surface area (Å²) in [4.78, 5) is 15.9. The molecule has 2 heterocycles. The van der Waals surface area contributed by atoms with Gasteiger partial charge in [-0.05, 0) is 55.3 Å². The number of fused-ring (bicyclic) bond motifs is 1. The normalized spacial score (nSPS) is 23.6. The van der Waals surface area contributed by atoms with Crippen molar-refractivity contribution in [3.8, 4) is 0 Å². The SMILES string of the molecule is Cc1ccc(N2C(=O)N(c3cccc(C(F)(F)F)c3)[C@H]3CS(=O)(=O)C[C@@H]32)cc1C.